The van der Waals surface area contributed by atoms with E-state index in [0.717, 1.165) is 39.3 Å². The molecule has 0 spiro atoms. The van der Waals surface area contributed by atoms with Crippen LogP contribution in [-0.2, 0) is 0 Å². The zero-order chi connectivity index (χ0) is 27.1. The topological polar surface area (TPSA) is 8.17 Å². The van der Waals surface area contributed by atoms with E-state index < -0.39 is 0 Å². The van der Waals surface area contributed by atoms with Gasteiger partial charge in [0.1, 0.15) is 5.82 Å². The second-order valence-corrected chi connectivity index (χ2v) is 10.1. The second-order valence-electron chi connectivity index (χ2n) is 10.1. The average molecular weight is 519 g/mol. The van der Waals surface area contributed by atoms with Crippen molar-refractivity contribution in [1.82, 2.24) is 4.57 Å². The first-order chi connectivity index (χ1) is 19.7. The Morgan fingerprint density at radius 1 is 0.500 bits per heavy atom. The molecule has 0 bridgehead atoms. The van der Waals surface area contributed by atoms with E-state index in [-0.39, 0.29) is 5.82 Å². The maximum atomic E-state index is 13.9. The van der Waals surface area contributed by atoms with Crippen LogP contribution in [-0.4, -0.2) is 4.57 Å². The normalized spacial score (nSPS) is 11.2. The molecule has 0 N–H and O–H groups in total. The van der Waals surface area contributed by atoms with E-state index in [9.17, 15) is 4.39 Å². The molecule has 1 aromatic heterocycles. The predicted octanol–water partition coefficient (Wildman–Crippen LogP) is 10.4. The third kappa shape index (κ3) is 4.22. The molecule has 0 amide bonds. The van der Waals surface area contributed by atoms with Crippen molar-refractivity contribution in [1.29, 1.82) is 0 Å². The SMILES string of the molecule is Cc1ccc(-c2ccc(N(c3ccc(F)cc3)c3ccc4c(c3)c3ccccc3n4-c3ccccc3)cc2)cc1. The van der Waals surface area contributed by atoms with Crippen molar-refractivity contribution in [3.05, 3.63) is 157 Å². The summed E-state index contributed by atoms with van der Waals surface area (Å²) in [6, 6.07) is 49.4. The van der Waals surface area contributed by atoms with Crippen molar-refractivity contribution < 1.29 is 4.39 Å². The molecule has 0 unspecified atom stereocenters. The second kappa shape index (κ2) is 9.87. The Morgan fingerprint density at radius 2 is 1.05 bits per heavy atom. The van der Waals surface area contributed by atoms with Crippen molar-refractivity contribution in [2.75, 3.05) is 4.90 Å². The van der Waals surface area contributed by atoms with Gasteiger partial charge < -0.3 is 9.47 Å². The summed E-state index contributed by atoms with van der Waals surface area (Å²) in [6.07, 6.45) is 0. The van der Waals surface area contributed by atoms with Gasteiger partial charge >= 0.3 is 0 Å². The van der Waals surface area contributed by atoms with Crippen molar-refractivity contribution >= 4 is 38.9 Å². The highest BCUT2D eigenvalue weighted by Crippen LogP contribution is 2.40. The predicted molar refractivity (Wildman–Crippen MR) is 166 cm³/mol. The van der Waals surface area contributed by atoms with Crippen LogP contribution in [0.15, 0.2) is 146 Å². The summed E-state index contributed by atoms with van der Waals surface area (Å²) in [5, 5.41) is 2.36. The highest BCUT2D eigenvalue weighted by molar-refractivity contribution is 6.10. The largest absolute Gasteiger partial charge is 0.310 e. The first kappa shape index (κ1) is 23.9. The van der Waals surface area contributed by atoms with E-state index in [1.807, 2.05) is 18.2 Å². The number of para-hydroxylation sites is 2. The third-order valence-electron chi connectivity index (χ3n) is 7.52. The Balaban J connectivity index is 1.39. The van der Waals surface area contributed by atoms with E-state index in [1.165, 1.54) is 34.0 Å². The average Bonchev–Trinajstić information content (AvgIpc) is 3.33. The van der Waals surface area contributed by atoms with Gasteiger partial charge in [0, 0.05) is 33.5 Å². The standard InChI is InChI=1S/C37H27FN2/c1-26-11-13-27(14-12-26)28-15-19-31(20-16-28)39(32-21-17-29(38)18-22-32)33-23-24-37-35(25-33)34-9-5-6-10-36(34)40(37)30-7-3-2-4-8-30/h2-25H,1H3. The molecule has 0 aliphatic heterocycles. The number of hydrogen-bond acceptors (Lipinski definition) is 1. The number of aryl methyl sites for hydroxylation is 1. The maximum Gasteiger partial charge on any atom is 0.123 e. The number of anilines is 3. The van der Waals surface area contributed by atoms with Crippen molar-refractivity contribution in [2.45, 2.75) is 6.92 Å². The summed E-state index contributed by atoms with van der Waals surface area (Å²) >= 11 is 0. The Bertz CT molecular complexity index is 1940. The monoisotopic (exact) mass is 518 g/mol. The van der Waals surface area contributed by atoms with E-state index in [4.69, 9.17) is 0 Å². The molecule has 0 saturated heterocycles. The molecular formula is C37H27FN2. The molecule has 3 heteroatoms. The number of rotatable bonds is 5. The molecule has 7 aromatic rings. The fourth-order valence-corrected chi connectivity index (χ4v) is 5.54. The first-order valence-corrected chi connectivity index (χ1v) is 13.5. The van der Waals surface area contributed by atoms with Crippen LogP contribution in [0.2, 0.25) is 0 Å². The van der Waals surface area contributed by atoms with Crippen LogP contribution in [0.4, 0.5) is 21.5 Å². The minimum Gasteiger partial charge on any atom is -0.310 e. The number of hydrogen-bond donors (Lipinski definition) is 0. The van der Waals surface area contributed by atoms with E-state index in [1.54, 1.807) is 0 Å². The van der Waals surface area contributed by atoms with Crippen LogP contribution in [0.5, 0.6) is 0 Å². The van der Waals surface area contributed by atoms with Gasteiger partial charge in [0.2, 0.25) is 0 Å². The van der Waals surface area contributed by atoms with Crippen molar-refractivity contribution in [2.24, 2.45) is 0 Å². The van der Waals surface area contributed by atoms with Crippen molar-refractivity contribution in [3.8, 4) is 16.8 Å². The van der Waals surface area contributed by atoms with Gasteiger partial charge in [0.25, 0.3) is 0 Å². The van der Waals surface area contributed by atoms with Crippen LogP contribution in [0.3, 0.4) is 0 Å². The third-order valence-corrected chi connectivity index (χ3v) is 7.52. The quantitative estimate of drug-likeness (QED) is 0.220. The minimum atomic E-state index is -0.250. The lowest BCUT2D eigenvalue weighted by molar-refractivity contribution is 0.628. The van der Waals surface area contributed by atoms with Gasteiger partial charge in [-0.3, -0.25) is 0 Å². The molecule has 0 fully saturated rings. The molecule has 6 aromatic carbocycles. The lowest BCUT2D eigenvalue weighted by Gasteiger charge is -2.26. The highest BCUT2D eigenvalue weighted by Gasteiger charge is 2.17. The summed E-state index contributed by atoms with van der Waals surface area (Å²) in [5.41, 5.74) is 9.93. The van der Waals surface area contributed by atoms with Gasteiger partial charge in [-0.2, -0.15) is 0 Å². The van der Waals surface area contributed by atoms with Gasteiger partial charge in [-0.1, -0.05) is 78.4 Å². The molecule has 0 atom stereocenters. The Hall–Kier alpha value is -5.15. The molecule has 1 heterocycles. The van der Waals surface area contributed by atoms with Gasteiger partial charge in [-0.05, 0) is 90.8 Å². The number of fused-ring (bicyclic) bond motifs is 3. The molecule has 7 rings (SSSR count). The lowest BCUT2D eigenvalue weighted by Crippen LogP contribution is -2.10. The lowest BCUT2D eigenvalue weighted by atomic mass is 10.0. The molecule has 40 heavy (non-hydrogen) atoms. The number of benzene rings is 6. The summed E-state index contributed by atoms with van der Waals surface area (Å²) in [5.74, 6) is -0.250. The summed E-state index contributed by atoms with van der Waals surface area (Å²) in [7, 11) is 0. The minimum absolute atomic E-state index is 0.250. The molecule has 0 aliphatic rings. The van der Waals surface area contributed by atoms with Gasteiger partial charge in [0.15, 0.2) is 0 Å². The molecule has 192 valence electrons. The Kier molecular flexibility index (Phi) is 5.90. The molecule has 2 nitrogen and oxygen atoms in total. The highest BCUT2D eigenvalue weighted by atomic mass is 19.1. The fourth-order valence-electron chi connectivity index (χ4n) is 5.54. The van der Waals surface area contributed by atoms with Crippen LogP contribution < -0.4 is 4.90 Å². The molecular weight excluding hydrogens is 491 g/mol. The number of nitrogens with zero attached hydrogens (tertiary/aromatic N) is 2. The van der Waals surface area contributed by atoms with Gasteiger partial charge in [-0.15, -0.1) is 0 Å². The molecule has 0 radical (unpaired) electrons. The van der Waals surface area contributed by atoms with Crippen LogP contribution >= 0.6 is 0 Å². The van der Waals surface area contributed by atoms with Crippen LogP contribution in [0.25, 0.3) is 38.6 Å². The first-order valence-electron chi connectivity index (χ1n) is 13.5. The summed E-state index contributed by atoms with van der Waals surface area (Å²) < 4.78 is 16.3. The summed E-state index contributed by atoms with van der Waals surface area (Å²) in [4.78, 5) is 2.19. The molecule has 0 aliphatic carbocycles. The summed E-state index contributed by atoms with van der Waals surface area (Å²) in [6.45, 7) is 2.10. The van der Waals surface area contributed by atoms with E-state index in [0.29, 0.717) is 0 Å². The number of aromatic nitrogens is 1. The van der Waals surface area contributed by atoms with E-state index >= 15 is 0 Å². The smallest absolute Gasteiger partial charge is 0.123 e. The van der Waals surface area contributed by atoms with Crippen molar-refractivity contribution in [3.63, 3.8) is 0 Å². The maximum absolute atomic E-state index is 13.9. The van der Waals surface area contributed by atoms with Gasteiger partial charge in [0.05, 0.1) is 11.0 Å². The molecule has 0 saturated carbocycles. The van der Waals surface area contributed by atoms with Crippen LogP contribution in [0.1, 0.15) is 5.56 Å². The van der Waals surface area contributed by atoms with Crippen LogP contribution in [0, 0.1) is 12.7 Å². The fraction of sp³-hybridized carbons (Fsp3) is 0.0270. The Morgan fingerprint density at radius 3 is 1.75 bits per heavy atom. The van der Waals surface area contributed by atoms with E-state index in [2.05, 4.69) is 132 Å². The zero-order valence-electron chi connectivity index (χ0n) is 22.1. The zero-order valence-corrected chi connectivity index (χ0v) is 22.1. The number of halogens is 1. The van der Waals surface area contributed by atoms with Gasteiger partial charge in [-0.25, -0.2) is 4.39 Å². The Labute approximate surface area is 233 Å².